The fraction of sp³-hybridized carbons (Fsp3) is 0.200. The van der Waals surface area contributed by atoms with Gasteiger partial charge in [0.15, 0.2) is 0 Å². The van der Waals surface area contributed by atoms with Crippen molar-refractivity contribution in [2.75, 3.05) is 6.54 Å². The Bertz CT molecular complexity index is 582. The first-order valence-electron chi connectivity index (χ1n) is 6.02. The topological polar surface area (TPSA) is 12.0 Å². The highest BCUT2D eigenvalue weighted by atomic mass is 79.9. The third-order valence-corrected chi connectivity index (χ3v) is 4.21. The zero-order valence-electron chi connectivity index (χ0n) is 9.79. The Morgan fingerprint density at radius 1 is 1.11 bits per heavy atom. The highest BCUT2D eigenvalue weighted by molar-refractivity contribution is 9.10. The van der Waals surface area contributed by atoms with E-state index in [9.17, 15) is 0 Å². The zero-order chi connectivity index (χ0) is 12.5. The number of hydrogen-bond acceptors (Lipinski definition) is 1. The molecule has 0 amide bonds. The molecule has 1 aliphatic rings. The molecular weight excluding hydrogens is 310 g/mol. The fourth-order valence-corrected chi connectivity index (χ4v) is 3.17. The number of benzene rings is 2. The molecule has 0 bridgehead atoms. The molecule has 0 spiro atoms. The molecule has 92 valence electrons. The maximum absolute atomic E-state index is 6.31. The van der Waals surface area contributed by atoms with Crippen LogP contribution in [0.4, 0.5) is 0 Å². The van der Waals surface area contributed by atoms with Crippen LogP contribution < -0.4 is 5.32 Å². The second-order valence-electron chi connectivity index (χ2n) is 4.50. The molecule has 0 saturated carbocycles. The van der Waals surface area contributed by atoms with Gasteiger partial charge in [-0.05, 0) is 41.3 Å². The molecule has 0 fully saturated rings. The minimum atomic E-state index is 0.204. The first-order valence-corrected chi connectivity index (χ1v) is 7.19. The van der Waals surface area contributed by atoms with E-state index in [2.05, 4.69) is 45.5 Å². The van der Waals surface area contributed by atoms with Gasteiger partial charge in [-0.3, -0.25) is 0 Å². The summed E-state index contributed by atoms with van der Waals surface area (Å²) in [5.41, 5.74) is 3.88. The van der Waals surface area contributed by atoms with Crippen molar-refractivity contribution >= 4 is 27.5 Å². The van der Waals surface area contributed by atoms with Crippen molar-refractivity contribution in [2.24, 2.45) is 0 Å². The first-order chi connectivity index (χ1) is 8.75. The summed E-state index contributed by atoms with van der Waals surface area (Å²) < 4.78 is 1.14. The fourth-order valence-electron chi connectivity index (χ4n) is 2.52. The van der Waals surface area contributed by atoms with Crippen LogP contribution >= 0.6 is 27.5 Å². The molecule has 18 heavy (non-hydrogen) atoms. The van der Waals surface area contributed by atoms with Crippen molar-refractivity contribution in [3.8, 4) is 0 Å². The molecule has 0 aromatic heterocycles. The van der Waals surface area contributed by atoms with Crippen LogP contribution in [0.3, 0.4) is 0 Å². The summed E-state index contributed by atoms with van der Waals surface area (Å²) >= 11 is 9.84. The quantitative estimate of drug-likeness (QED) is 0.823. The van der Waals surface area contributed by atoms with Crippen molar-refractivity contribution < 1.29 is 0 Å². The smallest absolute Gasteiger partial charge is 0.0594 e. The average Bonchev–Trinajstić information content (AvgIpc) is 2.38. The van der Waals surface area contributed by atoms with Crippen molar-refractivity contribution in [3.05, 3.63) is 68.7 Å². The van der Waals surface area contributed by atoms with Crippen LogP contribution in [0.15, 0.2) is 46.9 Å². The van der Waals surface area contributed by atoms with E-state index in [1.54, 1.807) is 0 Å². The van der Waals surface area contributed by atoms with Gasteiger partial charge >= 0.3 is 0 Å². The zero-order valence-corrected chi connectivity index (χ0v) is 12.1. The lowest BCUT2D eigenvalue weighted by Crippen LogP contribution is -2.30. The molecule has 2 aromatic carbocycles. The van der Waals surface area contributed by atoms with E-state index in [1.165, 1.54) is 11.1 Å². The van der Waals surface area contributed by atoms with E-state index >= 15 is 0 Å². The van der Waals surface area contributed by atoms with Crippen LogP contribution in [-0.2, 0) is 6.42 Å². The summed E-state index contributed by atoms with van der Waals surface area (Å²) in [5, 5.41) is 4.38. The van der Waals surface area contributed by atoms with Crippen molar-refractivity contribution in [3.63, 3.8) is 0 Å². The number of fused-ring (bicyclic) bond motifs is 1. The van der Waals surface area contributed by atoms with Crippen LogP contribution in [0.1, 0.15) is 22.7 Å². The van der Waals surface area contributed by atoms with E-state index in [1.807, 2.05) is 18.2 Å². The number of rotatable bonds is 1. The van der Waals surface area contributed by atoms with Gasteiger partial charge in [0, 0.05) is 16.0 Å². The number of hydrogen-bond donors (Lipinski definition) is 1. The normalized spacial score (nSPS) is 18.4. The Labute approximate surface area is 120 Å². The van der Waals surface area contributed by atoms with Crippen molar-refractivity contribution in [1.82, 2.24) is 5.32 Å². The first kappa shape index (κ1) is 12.2. The van der Waals surface area contributed by atoms with Crippen molar-refractivity contribution in [1.29, 1.82) is 0 Å². The Morgan fingerprint density at radius 2 is 1.94 bits per heavy atom. The minimum Gasteiger partial charge on any atom is -0.306 e. The Kier molecular flexibility index (Phi) is 3.42. The van der Waals surface area contributed by atoms with Crippen LogP contribution in [-0.4, -0.2) is 6.54 Å². The second kappa shape index (κ2) is 5.04. The molecule has 0 aliphatic carbocycles. The standard InChI is InChI=1S/C15H13BrClN/c16-11-5-6-12-10(9-11)7-8-18-15(12)13-3-1-2-4-14(13)17/h1-6,9,15,18H,7-8H2/t15-/m1/s1. The number of nitrogens with one attached hydrogen (secondary N) is 1. The van der Waals surface area contributed by atoms with E-state index in [0.29, 0.717) is 0 Å². The van der Waals surface area contributed by atoms with Crippen LogP contribution in [0.2, 0.25) is 5.02 Å². The van der Waals surface area contributed by atoms with E-state index in [0.717, 1.165) is 28.0 Å². The lowest BCUT2D eigenvalue weighted by atomic mass is 9.90. The van der Waals surface area contributed by atoms with Crippen LogP contribution in [0, 0.1) is 0 Å². The summed E-state index contributed by atoms with van der Waals surface area (Å²) in [6.07, 6.45) is 1.07. The van der Waals surface area contributed by atoms with Crippen molar-refractivity contribution in [2.45, 2.75) is 12.5 Å². The molecule has 0 saturated heterocycles. The molecule has 3 heteroatoms. The maximum atomic E-state index is 6.31. The van der Waals surface area contributed by atoms with Gasteiger partial charge < -0.3 is 5.32 Å². The van der Waals surface area contributed by atoms with Gasteiger partial charge in [0.1, 0.15) is 0 Å². The lowest BCUT2D eigenvalue weighted by Gasteiger charge is -2.28. The predicted molar refractivity (Wildman–Crippen MR) is 79.1 cm³/mol. The summed E-state index contributed by atoms with van der Waals surface area (Å²) in [4.78, 5) is 0. The molecule has 0 radical (unpaired) electrons. The Morgan fingerprint density at radius 3 is 2.78 bits per heavy atom. The second-order valence-corrected chi connectivity index (χ2v) is 5.82. The third-order valence-electron chi connectivity index (χ3n) is 3.38. The summed E-state index contributed by atoms with van der Waals surface area (Å²) in [5.74, 6) is 0. The highest BCUT2D eigenvalue weighted by Gasteiger charge is 2.22. The van der Waals surface area contributed by atoms with Gasteiger partial charge in [-0.15, -0.1) is 0 Å². The molecule has 0 unspecified atom stereocenters. The van der Waals surface area contributed by atoms with Gasteiger partial charge in [-0.25, -0.2) is 0 Å². The maximum Gasteiger partial charge on any atom is 0.0594 e. The predicted octanol–water partition coefficient (Wildman–Crippen LogP) is 4.34. The SMILES string of the molecule is Clc1ccccc1[C@@H]1NCCc2cc(Br)ccc21. The molecule has 1 N–H and O–H groups in total. The summed E-state index contributed by atoms with van der Waals surface area (Å²) in [6, 6.07) is 14.7. The monoisotopic (exact) mass is 321 g/mol. The summed E-state index contributed by atoms with van der Waals surface area (Å²) in [7, 11) is 0. The van der Waals surface area contributed by atoms with Gasteiger partial charge in [-0.2, -0.15) is 0 Å². The van der Waals surface area contributed by atoms with E-state index in [-0.39, 0.29) is 6.04 Å². The van der Waals surface area contributed by atoms with Crippen LogP contribution in [0.25, 0.3) is 0 Å². The van der Waals surface area contributed by atoms with Gasteiger partial charge in [-0.1, -0.05) is 51.8 Å². The molecule has 1 nitrogen and oxygen atoms in total. The van der Waals surface area contributed by atoms with Gasteiger partial charge in [0.2, 0.25) is 0 Å². The number of halogens is 2. The average molecular weight is 323 g/mol. The molecular formula is C15H13BrClN. The molecule has 3 rings (SSSR count). The van der Waals surface area contributed by atoms with E-state index in [4.69, 9.17) is 11.6 Å². The highest BCUT2D eigenvalue weighted by Crippen LogP contribution is 2.33. The molecule has 1 aliphatic heterocycles. The molecule has 1 atom stereocenters. The minimum absolute atomic E-state index is 0.204. The van der Waals surface area contributed by atoms with Crippen LogP contribution in [0.5, 0.6) is 0 Å². The van der Waals surface area contributed by atoms with E-state index < -0.39 is 0 Å². The lowest BCUT2D eigenvalue weighted by molar-refractivity contribution is 0.568. The largest absolute Gasteiger partial charge is 0.306 e. The Hall–Kier alpha value is -0.830. The van der Waals surface area contributed by atoms with Gasteiger partial charge in [0.05, 0.1) is 6.04 Å². The summed E-state index contributed by atoms with van der Waals surface area (Å²) in [6.45, 7) is 0.985. The molecule has 2 aromatic rings. The molecule has 1 heterocycles. The Balaban J connectivity index is 2.09. The third kappa shape index (κ3) is 2.20. The van der Waals surface area contributed by atoms with Gasteiger partial charge in [0.25, 0.3) is 0 Å².